The van der Waals surface area contributed by atoms with Gasteiger partial charge in [0.05, 0.1) is 0 Å². The van der Waals surface area contributed by atoms with Crippen molar-refractivity contribution in [3.05, 3.63) is 0 Å². The van der Waals surface area contributed by atoms with E-state index in [1.165, 1.54) is 0 Å². The Morgan fingerprint density at radius 2 is 2.15 bits per heavy atom. The molecule has 13 heavy (non-hydrogen) atoms. The van der Waals surface area contributed by atoms with Gasteiger partial charge in [0, 0.05) is 32.0 Å². The second-order valence-corrected chi connectivity index (χ2v) is 4.34. The molecule has 4 heteroatoms. The molecule has 1 unspecified atom stereocenters. The SMILES string of the molecule is CC(=O)N1CC2(CCN(C)C2O)C1. The standard InChI is InChI=1S/C9H16N2O2/c1-7(12)11-5-9(6-11)3-4-10(2)8(9)13/h8,13H,3-6H2,1-2H3. The Kier molecular flexibility index (Phi) is 1.85. The van der Waals surface area contributed by atoms with E-state index in [-0.39, 0.29) is 17.6 Å². The highest BCUT2D eigenvalue weighted by atomic mass is 16.3. The summed E-state index contributed by atoms with van der Waals surface area (Å²) in [4.78, 5) is 14.7. The summed E-state index contributed by atoms with van der Waals surface area (Å²) in [6.45, 7) is 3.98. The molecule has 2 aliphatic heterocycles. The third-order valence-corrected chi connectivity index (χ3v) is 3.38. The van der Waals surface area contributed by atoms with E-state index >= 15 is 0 Å². The predicted molar refractivity (Wildman–Crippen MR) is 47.9 cm³/mol. The van der Waals surface area contributed by atoms with Crippen molar-refractivity contribution in [2.75, 3.05) is 26.7 Å². The average Bonchev–Trinajstić information content (AvgIpc) is 2.26. The van der Waals surface area contributed by atoms with E-state index in [1.54, 1.807) is 11.8 Å². The Labute approximate surface area is 78.1 Å². The molecule has 1 atom stereocenters. The molecule has 1 N–H and O–H groups in total. The highest BCUT2D eigenvalue weighted by Gasteiger charge is 2.53. The van der Waals surface area contributed by atoms with Crippen molar-refractivity contribution in [1.29, 1.82) is 0 Å². The molecule has 0 aromatic rings. The van der Waals surface area contributed by atoms with Crippen molar-refractivity contribution in [3.63, 3.8) is 0 Å². The minimum atomic E-state index is -0.358. The maximum Gasteiger partial charge on any atom is 0.219 e. The number of hydrogen-bond acceptors (Lipinski definition) is 3. The van der Waals surface area contributed by atoms with E-state index in [1.807, 2.05) is 11.9 Å². The summed E-state index contributed by atoms with van der Waals surface area (Å²) >= 11 is 0. The molecule has 1 amide bonds. The number of carbonyl (C=O) groups is 1. The lowest BCUT2D eigenvalue weighted by Crippen LogP contribution is -2.62. The van der Waals surface area contributed by atoms with Gasteiger partial charge < -0.3 is 10.0 Å². The second kappa shape index (κ2) is 2.69. The lowest BCUT2D eigenvalue weighted by molar-refractivity contribution is -0.153. The zero-order valence-electron chi connectivity index (χ0n) is 8.16. The third kappa shape index (κ3) is 1.16. The molecule has 0 aromatic carbocycles. The van der Waals surface area contributed by atoms with Crippen molar-refractivity contribution in [2.24, 2.45) is 5.41 Å². The molecule has 0 aromatic heterocycles. The van der Waals surface area contributed by atoms with Crippen molar-refractivity contribution in [1.82, 2.24) is 9.80 Å². The van der Waals surface area contributed by atoms with Gasteiger partial charge in [-0.05, 0) is 13.5 Å². The highest BCUT2D eigenvalue weighted by Crippen LogP contribution is 2.42. The van der Waals surface area contributed by atoms with Gasteiger partial charge in [0.25, 0.3) is 0 Å². The van der Waals surface area contributed by atoms with Crippen LogP contribution in [-0.4, -0.2) is 53.7 Å². The molecule has 2 fully saturated rings. The molecule has 0 bridgehead atoms. The fraction of sp³-hybridized carbons (Fsp3) is 0.889. The van der Waals surface area contributed by atoms with Gasteiger partial charge in [0.2, 0.25) is 5.91 Å². The second-order valence-electron chi connectivity index (χ2n) is 4.34. The Morgan fingerprint density at radius 3 is 2.54 bits per heavy atom. The van der Waals surface area contributed by atoms with Crippen LogP contribution in [0.3, 0.4) is 0 Å². The van der Waals surface area contributed by atoms with Gasteiger partial charge in [0.1, 0.15) is 6.23 Å². The minimum absolute atomic E-state index is 0.0135. The molecular weight excluding hydrogens is 168 g/mol. The summed E-state index contributed by atoms with van der Waals surface area (Å²) in [7, 11) is 1.93. The number of likely N-dealkylation sites (tertiary alicyclic amines) is 2. The molecule has 74 valence electrons. The molecule has 0 saturated carbocycles. The smallest absolute Gasteiger partial charge is 0.219 e. The number of nitrogens with zero attached hydrogens (tertiary/aromatic N) is 2. The number of hydrogen-bond donors (Lipinski definition) is 1. The first-order valence-electron chi connectivity index (χ1n) is 4.69. The van der Waals surface area contributed by atoms with Crippen molar-refractivity contribution in [3.8, 4) is 0 Å². The fourth-order valence-corrected chi connectivity index (χ4v) is 2.38. The third-order valence-electron chi connectivity index (χ3n) is 3.38. The van der Waals surface area contributed by atoms with Gasteiger partial charge in [-0.25, -0.2) is 0 Å². The number of amides is 1. The largest absolute Gasteiger partial charge is 0.378 e. The van der Waals surface area contributed by atoms with Gasteiger partial charge in [-0.3, -0.25) is 9.69 Å². The van der Waals surface area contributed by atoms with Crippen LogP contribution in [0.1, 0.15) is 13.3 Å². The number of carbonyl (C=O) groups excluding carboxylic acids is 1. The molecule has 2 aliphatic rings. The van der Waals surface area contributed by atoms with Crippen LogP contribution in [0, 0.1) is 5.41 Å². The lowest BCUT2D eigenvalue weighted by Gasteiger charge is -2.49. The summed E-state index contributed by atoms with van der Waals surface area (Å²) in [6.07, 6.45) is 0.650. The van der Waals surface area contributed by atoms with Crippen LogP contribution in [0.4, 0.5) is 0 Å². The van der Waals surface area contributed by atoms with Crippen molar-refractivity contribution in [2.45, 2.75) is 19.6 Å². The summed E-state index contributed by atoms with van der Waals surface area (Å²) in [5, 5.41) is 9.86. The molecular formula is C9H16N2O2. The molecule has 0 aliphatic carbocycles. The van der Waals surface area contributed by atoms with E-state index in [0.717, 1.165) is 26.1 Å². The molecule has 1 spiro atoms. The predicted octanol–water partition coefficient (Wildman–Crippen LogP) is -0.511. The first-order valence-corrected chi connectivity index (χ1v) is 4.69. The van der Waals surface area contributed by atoms with Gasteiger partial charge in [-0.1, -0.05) is 0 Å². The zero-order chi connectivity index (χ0) is 9.64. The van der Waals surface area contributed by atoms with Crippen molar-refractivity contribution >= 4 is 5.91 Å². The Morgan fingerprint density at radius 1 is 1.54 bits per heavy atom. The maximum absolute atomic E-state index is 11.0. The maximum atomic E-state index is 11.0. The van der Waals surface area contributed by atoms with Crippen LogP contribution in [0.15, 0.2) is 0 Å². The number of rotatable bonds is 0. The van der Waals surface area contributed by atoms with E-state index in [0.29, 0.717) is 0 Å². The molecule has 2 heterocycles. The summed E-state index contributed by atoms with van der Waals surface area (Å²) in [6, 6.07) is 0. The van der Waals surface area contributed by atoms with Crippen molar-refractivity contribution < 1.29 is 9.90 Å². The monoisotopic (exact) mass is 184 g/mol. The van der Waals surface area contributed by atoms with Crippen LogP contribution in [0.5, 0.6) is 0 Å². The Hall–Kier alpha value is -0.610. The lowest BCUT2D eigenvalue weighted by atomic mass is 9.77. The van der Waals surface area contributed by atoms with Crippen LogP contribution in [0.2, 0.25) is 0 Å². The van der Waals surface area contributed by atoms with Crippen LogP contribution in [0.25, 0.3) is 0 Å². The van der Waals surface area contributed by atoms with E-state index < -0.39 is 0 Å². The first kappa shape index (κ1) is 8.97. The van der Waals surface area contributed by atoms with E-state index in [2.05, 4.69) is 0 Å². The molecule has 4 nitrogen and oxygen atoms in total. The number of aliphatic hydroxyl groups excluding tert-OH is 1. The topological polar surface area (TPSA) is 43.8 Å². The minimum Gasteiger partial charge on any atom is -0.378 e. The van der Waals surface area contributed by atoms with Gasteiger partial charge in [-0.2, -0.15) is 0 Å². The van der Waals surface area contributed by atoms with E-state index in [9.17, 15) is 9.90 Å². The number of aliphatic hydroxyl groups is 1. The Balaban J connectivity index is 2.00. The zero-order valence-corrected chi connectivity index (χ0v) is 8.16. The summed E-state index contributed by atoms with van der Waals surface area (Å²) in [5.74, 6) is 0.118. The van der Waals surface area contributed by atoms with Gasteiger partial charge in [-0.15, -0.1) is 0 Å². The van der Waals surface area contributed by atoms with Gasteiger partial charge >= 0.3 is 0 Å². The Bertz CT molecular complexity index is 236. The molecule has 0 radical (unpaired) electrons. The molecule has 2 saturated heterocycles. The van der Waals surface area contributed by atoms with Crippen LogP contribution >= 0.6 is 0 Å². The van der Waals surface area contributed by atoms with Gasteiger partial charge in [0.15, 0.2) is 0 Å². The van der Waals surface area contributed by atoms with Crippen LogP contribution in [-0.2, 0) is 4.79 Å². The fourth-order valence-electron chi connectivity index (χ4n) is 2.38. The summed E-state index contributed by atoms with van der Waals surface area (Å²) < 4.78 is 0. The normalized spacial score (nSPS) is 32.2. The summed E-state index contributed by atoms with van der Waals surface area (Å²) in [5.41, 5.74) is -0.0135. The molecule has 2 rings (SSSR count). The van der Waals surface area contributed by atoms with E-state index in [4.69, 9.17) is 0 Å². The highest BCUT2D eigenvalue weighted by molar-refractivity contribution is 5.74. The first-order chi connectivity index (χ1) is 6.05. The van der Waals surface area contributed by atoms with Crippen LogP contribution < -0.4 is 0 Å². The quantitative estimate of drug-likeness (QED) is 0.551. The average molecular weight is 184 g/mol.